The van der Waals surface area contributed by atoms with Crippen LogP contribution in [0.3, 0.4) is 0 Å². The molecule has 1 saturated carbocycles. The summed E-state index contributed by atoms with van der Waals surface area (Å²) in [5.41, 5.74) is -0.736. The van der Waals surface area contributed by atoms with Crippen LogP contribution in [0.4, 0.5) is 10.5 Å². The summed E-state index contributed by atoms with van der Waals surface area (Å²) in [6.45, 7) is 2.50. The van der Waals surface area contributed by atoms with E-state index < -0.39 is 34.0 Å². The van der Waals surface area contributed by atoms with Gasteiger partial charge in [-0.1, -0.05) is 19.8 Å². The maximum Gasteiger partial charge on any atom is 0.325 e. The summed E-state index contributed by atoms with van der Waals surface area (Å²) in [6.07, 6.45) is 3.22. The number of anilines is 1. The Morgan fingerprint density at radius 3 is 2.68 bits per heavy atom. The maximum atomic E-state index is 13.1. The van der Waals surface area contributed by atoms with Crippen molar-refractivity contribution in [2.75, 3.05) is 45.3 Å². The van der Waals surface area contributed by atoms with Gasteiger partial charge in [0.15, 0.2) is 0 Å². The first kappa shape index (κ1) is 24.4. The van der Waals surface area contributed by atoms with Gasteiger partial charge < -0.3 is 20.1 Å². The molecule has 4 amide bonds. The van der Waals surface area contributed by atoms with Crippen molar-refractivity contribution in [3.63, 3.8) is 0 Å². The summed E-state index contributed by atoms with van der Waals surface area (Å²) in [5.74, 6) is -0.860. The van der Waals surface area contributed by atoms with Crippen LogP contribution < -0.4 is 15.4 Å². The van der Waals surface area contributed by atoms with Crippen LogP contribution in [-0.2, 0) is 24.3 Å². The zero-order valence-corrected chi connectivity index (χ0v) is 20.2. The third-order valence-electron chi connectivity index (χ3n) is 6.84. The van der Waals surface area contributed by atoms with E-state index in [2.05, 4.69) is 10.6 Å². The van der Waals surface area contributed by atoms with Crippen molar-refractivity contribution in [3.8, 4) is 5.75 Å². The normalized spacial score (nSPS) is 25.9. The zero-order valence-electron chi connectivity index (χ0n) is 19.3. The van der Waals surface area contributed by atoms with Crippen molar-refractivity contribution in [2.45, 2.75) is 43.0 Å². The minimum Gasteiger partial charge on any atom is -0.495 e. The number of nitrogens with one attached hydrogen (secondary N) is 2. The molecule has 2 heterocycles. The number of rotatable bonds is 6. The highest BCUT2D eigenvalue weighted by atomic mass is 32.2. The van der Waals surface area contributed by atoms with Crippen LogP contribution in [0, 0.1) is 5.92 Å². The van der Waals surface area contributed by atoms with Gasteiger partial charge in [-0.3, -0.25) is 14.5 Å². The van der Waals surface area contributed by atoms with E-state index in [1.165, 1.54) is 29.6 Å². The van der Waals surface area contributed by atoms with Gasteiger partial charge in [0.1, 0.15) is 22.7 Å². The molecule has 2 atom stereocenters. The Hall–Kier alpha value is -2.70. The van der Waals surface area contributed by atoms with Crippen molar-refractivity contribution >= 4 is 33.6 Å². The number of carbonyl (C=O) groups is 3. The van der Waals surface area contributed by atoms with Gasteiger partial charge in [0, 0.05) is 18.8 Å². The van der Waals surface area contributed by atoms with Crippen molar-refractivity contribution in [1.82, 2.24) is 14.5 Å². The number of carbonyl (C=O) groups excluding carboxylic acids is 3. The van der Waals surface area contributed by atoms with Gasteiger partial charge in [0.2, 0.25) is 15.9 Å². The van der Waals surface area contributed by atoms with E-state index in [0.29, 0.717) is 19.6 Å². The van der Waals surface area contributed by atoms with Gasteiger partial charge in [0.05, 0.1) is 20.3 Å². The molecule has 3 fully saturated rings. The first-order valence-corrected chi connectivity index (χ1v) is 12.8. The molecule has 0 radical (unpaired) electrons. The summed E-state index contributed by atoms with van der Waals surface area (Å²) in [4.78, 5) is 39.2. The molecular weight excluding hydrogens is 464 g/mol. The Morgan fingerprint density at radius 1 is 1.26 bits per heavy atom. The van der Waals surface area contributed by atoms with Crippen molar-refractivity contribution in [3.05, 3.63) is 18.2 Å². The van der Waals surface area contributed by atoms with E-state index in [0.717, 1.165) is 24.2 Å². The molecule has 1 aliphatic carbocycles. The predicted octanol–water partition coefficient (Wildman–Crippen LogP) is 1.16. The molecule has 0 aromatic heterocycles. The fraction of sp³-hybridized carbons (Fsp3) is 0.591. The van der Waals surface area contributed by atoms with Crippen LogP contribution >= 0.6 is 0 Å². The Bertz CT molecular complexity index is 1090. The van der Waals surface area contributed by atoms with E-state index in [9.17, 15) is 22.8 Å². The Balaban J connectivity index is 1.50. The van der Waals surface area contributed by atoms with Gasteiger partial charge in [-0.25, -0.2) is 13.2 Å². The molecule has 11 nitrogen and oxygen atoms in total. The molecule has 1 aromatic rings. The van der Waals surface area contributed by atoms with Gasteiger partial charge in [-0.05, 0) is 37.0 Å². The summed E-state index contributed by atoms with van der Waals surface area (Å²) in [6, 6.07) is 3.69. The summed E-state index contributed by atoms with van der Waals surface area (Å²) >= 11 is 0. The molecule has 0 unspecified atom stereocenters. The number of benzene rings is 1. The lowest BCUT2D eigenvalue weighted by atomic mass is 9.73. The largest absolute Gasteiger partial charge is 0.495 e. The number of imide groups is 1. The highest BCUT2D eigenvalue weighted by Crippen LogP contribution is 2.38. The molecule has 3 aliphatic rings. The van der Waals surface area contributed by atoms with Crippen molar-refractivity contribution < 1.29 is 32.3 Å². The number of sulfonamides is 1. The van der Waals surface area contributed by atoms with Crippen LogP contribution in [0.25, 0.3) is 0 Å². The van der Waals surface area contributed by atoms with Crippen LogP contribution in [0.2, 0.25) is 0 Å². The first-order chi connectivity index (χ1) is 16.2. The molecule has 12 heteroatoms. The molecule has 2 N–H and O–H groups in total. The van der Waals surface area contributed by atoms with Crippen molar-refractivity contribution in [1.29, 1.82) is 0 Å². The Morgan fingerprint density at radius 2 is 2.00 bits per heavy atom. The zero-order chi connectivity index (χ0) is 24.5. The smallest absolute Gasteiger partial charge is 0.325 e. The lowest BCUT2D eigenvalue weighted by Gasteiger charge is -2.36. The number of methoxy groups -OCH3 is 1. The SMILES string of the molecule is COc1ccc(NC(=O)CN2C(=O)N[C@@]3(CCCC[C@H]3C)C2=O)cc1S(=O)(=O)N1CCOCC1. The van der Waals surface area contributed by atoms with Crippen LogP contribution in [0.15, 0.2) is 23.1 Å². The minimum atomic E-state index is -3.88. The predicted molar refractivity (Wildman–Crippen MR) is 122 cm³/mol. The summed E-state index contributed by atoms with van der Waals surface area (Å²) in [7, 11) is -2.51. The summed E-state index contributed by atoms with van der Waals surface area (Å²) < 4.78 is 38.1. The lowest BCUT2D eigenvalue weighted by Crippen LogP contribution is -2.54. The van der Waals surface area contributed by atoms with Crippen molar-refractivity contribution in [2.24, 2.45) is 5.92 Å². The van der Waals surface area contributed by atoms with Crippen LogP contribution in [-0.4, -0.2) is 81.0 Å². The number of hydrogen-bond acceptors (Lipinski definition) is 7. The number of urea groups is 1. The van der Waals surface area contributed by atoms with Gasteiger partial charge in [-0.2, -0.15) is 4.31 Å². The highest BCUT2D eigenvalue weighted by Gasteiger charge is 2.55. The molecule has 186 valence electrons. The molecular formula is C22H30N4O7S. The minimum absolute atomic E-state index is 0.0136. The first-order valence-electron chi connectivity index (χ1n) is 11.4. The molecule has 2 aliphatic heterocycles. The van der Waals surface area contributed by atoms with Crippen LogP contribution in [0.1, 0.15) is 32.6 Å². The highest BCUT2D eigenvalue weighted by molar-refractivity contribution is 7.89. The second-order valence-corrected chi connectivity index (χ2v) is 10.8. The van der Waals surface area contributed by atoms with E-state index >= 15 is 0 Å². The monoisotopic (exact) mass is 494 g/mol. The van der Waals surface area contributed by atoms with E-state index in [-0.39, 0.29) is 41.2 Å². The quantitative estimate of drug-likeness (QED) is 0.567. The topological polar surface area (TPSA) is 134 Å². The number of ether oxygens (including phenoxy) is 2. The third-order valence-corrected chi connectivity index (χ3v) is 8.76. The Labute approximate surface area is 198 Å². The summed E-state index contributed by atoms with van der Waals surface area (Å²) in [5, 5.41) is 5.42. The molecule has 1 spiro atoms. The van der Waals surface area contributed by atoms with Crippen LogP contribution in [0.5, 0.6) is 5.75 Å². The maximum absolute atomic E-state index is 13.1. The molecule has 4 rings (SSSR count). The Kier molecular flexibility index (Phi) is 6.83. The average molecular weight is 495 g/mol. The van der Waals surface area contributed by atoms with E-state index in [4.69, 9.17) is 9.47 Å². The van der Waals surface area contributed by atoms with Gasteiger partial charge in [0.25, 0.3) is 5.91 Å². The number of hydrogen-bond donors (Lipinski definition) is 2. The second kappa shape index (κ2) is 9.51. The molecule has 34 heavy (non-hydrogen) atoms. The van der Waals surface area contributed by atoms with Gasteiger partial charge in [-0.15, -0.1) is 0 Å². The molecule has 2 saturated heterocycles. The van der Waals surface area contributed by atoms with E-state index in [1.807, 2.05) is 6.92 Å². The van der Waals surface area contributed by atoms with E-state index in [1.54, 1.807) is 0 Å². The number of morpholine rings is 1. The second-order valence-electron chi connectivity index (χ2n) is 8.87. The standard InChI is InChI=1S/C22H30N4O7S/c1-15-5-3-4-8-22(15)20(28)26(21(29)24-22)14-19(27)23-16-6-7-17(32-2)18(13-16)34(30,31)25-9-11-33-12-10-25/h6-7,13,15H,3-5,8-12,14H2,1-2H3,(H,23,27)(H,24,29)/t15-,22-/m1/s1. The molecule has 0 bridgehead atoms. The fourth-order valence-electron chi connectivity index (χ4n) is 4.87. The third kappa shape index (κ3) is 4.37. The van der Waals surface area contributed by atoms with Gasteiger partial charge >= 0.3 is 6.03 Å². The average Bonchev–Trinajstić information content (AvgIpc) is 3.06. The number of nitrogens with zero attached hydrogens (tertiary/aromatic N) is 2. The number of amides is 4. The molecule has 1 aromatic carbocycles. The fourth-order valence-corrected chi connectivity index (χ4v) is 6.45. The lowest BCUT2D eigenvalue weighted by molar-refractivity contribution is -0.136.